The topological polar surface area (TPSA) is 123 Å². The van der Waals surface area contributed by atoms with Crippen molar-refractivity contribution in [3.05, 3.63) is 86.6 Å². The lowest BCUT2D eigenvalue weighted by molar-refractivity contribution is -0.385. The summed E-state index contributed by atoms with van der Waals surface area (Å²) in [5.41, 5.74) is 3.02. The second kappa shape index (κ2) is 10.6. The Morgan fingerprint density at radius 2 is 1.94 bits per heavy atom. The molecule has 0 aliphatic heterocycles. The molecule has 1 N–H and O–H groups in total. The van der Waals surface area contributed by atoms with Gasteiger partial charge in [-0.1, -0.05) is 0 Å². The highest BCUT2D eigenvalue weighted by Crippen LogP contribution is 2.37. The summed E-state index contributed by atoms with van der Waals surface area (Å²) < 4.78 is 49.1. The van der Waals surface area contributed by atoms with E-state index in [2.05, 4.69) is 21.6 Å². The fourth-order valence-electron chi connectivity index (χ4n) is 3.06. The third-order valence-corrected chi connectivity index (χ3v) is 4.62. The van der Waals surface area contributed by atoms with E-state index in [0.29, 0.717) is 34.5 Å². The third kappa shape index (κ3) is 6.30. The van der Waals surface area contributed by atoms with Gasteiger partial charge >= 0.3 is 11.9 Å². The second-order valence-electron chi connectivity index (χ2n) is 7.17. The summed E-state index contributed by atoms with van der Waals surface area (Å²) >= 11 is 0. The standard InChI is InChI=1S/C23H18F3N5O4/c1-14-9-16(13-34-2)19(11-27)22(29-14)30-28-12-15-3-6-18(7-4-15)35-21-8-5-17(23(24,25)26)10-20(21)31(32)33/h3-10,12H,13H2,1-2H3,(H,29,30)/b28-12-. The molecule has 2 aromatic carbocycles. The number of nitrogens with one attached hydrogen (secondary N) is 1. The molecule has 1 aromatic heterocycles. The number of pyridine rings is 1. The minimum atomic E-state index is -4.72. The zero-order valence-corrected chi connectivity index (χ0v) is 18.5. The average Bonchev–Trinajstić information content (AvgIpc) is 2.80. The number of rotatable bonds is 8. The molecule has 0 aliphatic carbocycles. The van der Waals surface area contributed by atoms with Gasteiger partial charge < -0.3 is 9.47 Å². The van der Waals surface area contributed by atoms with Crippen molar-refractivity contribution in [3.8, 4) is 17.6 Å². The SMILES string of the molecule is COCc1cc(C)nc(N/N=C\c2ccc(Oc3ccc(C(F)(F)F)cc3[N+](=O)[O-])cc2)c1C#N. The minimum absolute atomic E-state index is 0.175. The number of anilines is 1. The van der Waals surface area contributed by atoms with Gasteiger partial charge in [-0.2, -0.15) is 23.5 Å². The first-order valence-electron chi connectivity index (χ1n) is 9.94. The molecule has 9 nitrogen and oxygen atoms in total. The summed E-state index contributed by atoms with van der Waals surface area (Å²) in [5.74, 6) is 0.118. The Balaban J connectivity index is 1.74. The number of halogens is 3. The van der Waals surface area contributed by atoms with E-state index in [-0.39, 0.29) is 23.9 Å². The van der Waals surface area contributed by atoms with Gasteiger partial charge in [0.2, 0.25) is 5.75 Å². The molecule has 0 bridgehead atoms. The van der Waals surface area contributed by atoms with Gasteiger partial charge in [-0.3, -0.25) is 15.5 Å². The Morgan fingerprint density at radius 1 is 1.23 bits per heavy atom. The lowest BCUT2D eigenvalue weighted by atomic mass is 10.1. The van der Waals surface area contributed by atoms with Crippen molar-refractivity contribution >= 4 is 17.7 Å². The maximum absolute atomic E-state index is 12.9. The molecule has 1 heterocycles. The van der Waals surface area contributed by atoms with Gasteiger partial charge in [-0.25, -0.2) is 4.98 Å². The number of aromatic nitrogens is 1. The molecular formula is C23H18F3N5O4. The van der Waals surface area contributed by atoms with Crippen LogP contribution in [0.5, 0.6) is 11.5 Å². The maximum Gasteiger partial charge on any atom is 0.416 e. The highest BCUT2D eigenvalue weighted by Gasteiger charge is 2.33. The number of hydrogen-bond acceptors (Lipinski definition) is 8. The number of ether oxygens (including phenoxy) is 2. The van der Waals surface area contributed by atoms with Crippen LogP contribution in [0.4, 0.5) is 24.7 Å². The number of hydrogen-bond donors (Lipinski definition) is 1. The van der Waals surface area contributed by atoms with E-state index < -0.39 is 22.4 Å². The van der Waals surface area contributed by atoms with Crippen LogP contribution in [0.2, 0.25) is 0 Å². The summed E-state index contributed by atoms with van der Waals surface area (Å²) in [4.78, 5) is 14.5. The van der Waals surface area contributed by atoms with Crippen LogP contribution in [0, 0.1) is 28.4 Å². The molecule has 3 aromatic rings. The summed E-state index contributed by atoms with van der Waals surface area (Å²) in [6.45, 7) is 2.01. The van der Waals surface area contributed by atoms with Crippen molar-refractivity contribution < 1.29 is 27.6 Å². The van der Waals surface area contributed by atoms with Crippen LogP contribution in [-0.4, -0.2) is 23.2 Å². The van der Waals surface area contributed by atoms with Crippen LogP contribution >= 0.6 is 0 Å². The highest BCUT2D eigenvalue weighted by molar-refractivity contribution is 5.80. The van der Waals surface area contributed by atoms with Crippen LogP contribution in [0.25, 0.3) is 0 Å². The summed E-state index contributed by atoms with van der Waals surface area (Å²) in [6.07, 6.45) is -3.27. The minimum Gasteiger partial charge on any atom is -0.450 e. The fourth-order valence-corrected chi connectivity index (χ4v) is 3.06. The molecular weight excluding hydrogens is 467 g/mol. The Morgan fingerprint density at radius 3 is 2.54 bits per heavy atom. The van der Waals surface area contributed by atoms with E-state index >= 15 is 0 Å². The van der Waals surface area contributed by atoms with Gasteiger partial charge in [0.05, 0.1) is 23.3 Å². The van der Waals surface area contributed by atoms with Crippen molar-refractivity contribution in [3.63, 3.8) is 0 Å². The zero-order chi connectivity index (χ0) is 25.6. The van der Waals surface area contributed by atoms with Crippen molar-refractivity contribution in [1.29, 1.82) is 5.26 Å². The van der Waals surface area contributed by atoms with Crippen molar-refractivity contribution in [1.82, 2.24) is 4.98 Å². The van der Waals surface area contributed by atoms with E-state index in [1.54, 1.807) is 25.1 Å². The van der Waals surface area contributed by atoms with Crippen molar-refractivity contribution in [2.45, 2.75) is 19.7 Å². The quantitative estimate of drug-likeness (QED) is 0.251. The number of nitriles is 1. The molecule has 0 aliphatic rings. The maximum atomic E-state index is 12.9. The van der Waals surface area contributed by atoms with Crippen LogP contribution in [0.15, 0.2) is 53.6 Å². The highest BCUT2D eigenvalue weighted by atomic mass is 19.4. The lowest BCUT2D eigenvalue weighted by Crippen LogP contribution is -2.06. The Hall–Kier alpha value is -4.50. The average molecular weight is 485 g/mol. The summed E-state index contributed by atoms with van der Waals surface area (Å²) in [5, 5.41) is 24.7. The lowest BCUT2D eigenvalue weighted by Gasteiger charge is -2.10. The number of alkyl halides is 3. The van der Waals surface area contributed by atoms with E-state index in [1.807, 2.05) is 0 Å². The first-order valence-corrected chi connectivity index (χ1v) is 9.94. The molecule has 0 radical (unpaired) electrons. The van der Waals surface area contributed by atoms with Crippen molar-refractivity contribution in [2.75, 3.05) is 12.5 Å². The normalized spacial score (nSPS) is 11.3. The molecule has 3 rings (SSSR count). The molecule has 180 valence electrons. The Bertz CT molecular complexity index is 1300. The van der Waals surface area contributed by atoms with Crippen LogP contribution < -0.4 is 10.2 Å². The van der Waals surface area contributed by atoms with Crippen LogP contribution in [-0.2, 0) is 17.5 Å². The molecule has 0 unspecified atom stereocenters. The van der Waals surface area contributed by atoms with Crippen LogP contribution in [0.1, 0.15) is 27.9 Å². The van der Waals surface area contributed by atoms with Gasteiger partial charge in [-0.15, -0.1) is 0 Å². The number of aryl methyl sites for hydroxylation is 1. The van der Waals surface area contributed by atoms with Gasteiger partial charge in [0.1, 0.15) is 17.4 Å². The number of nitro groups is 1. The largest absolute Gasteiger partial charge is 0.450 e. The Labute approximate surface area is 197 Å². The fraction of sp³-hybridized carbons (Fsp3) is 0.174. The molecule has 12 heteroatoms. The van der Waals surface area contributed by atoms with E-state index in [9.17, 15) is 28.5 Å². The molecule has 0 atom stereocenters. The number of nitrogens with zero attached hydrogens (tertiary/aromatic N) is 4. The molecule has 0 spiro atoms. The third-order valence-electron chi connectivity index (χ3n) is 4.62. The van der Waals surface area contributed by atoms with E-state index in [0.717, 1.165) is 6.07 Å². The Kier molecular flexibility index (Phi) is 7.62. The zero-order valence-electron chi connectivity index (χ0n) is 18.5. The van der Waals surface area contributed by atoms with Gasteiger partial charge in [0, 0.05) is 24.4 Å². The van der Waals surface area contributed by atoms with Gasteiger partial charge in [0.25, 0.3) is 0 Å². The molecule has 35 heavy (non-hydrogen) atoms. The van der Waals surface area contributed by atoms with Gasteiger partial charge in [0.15, 0.2) is 5.82 Å². The molecule has 0 amide bonds. The molecule has 0 saturated carbocycles. The van der Waals surface area contributed by atoms with E-state index in [4.69, 9.17) is 9.47 Å². The van der Waals surface area contributed by atoms with Crippen molar-refractivity contribution in [2.24, 2.45) is 5.10 Å². The van der Waals surface area contributed by atoms with E-state index in [1.165, 1.54) is 25.5 Å². The second-order valence-corrected chi connectivity index (χ2v) is 7.17. The first-order chi connectivity index (χ1) is 16.6. The number of benzene rings is 2. The monoisotopic (exact) mass is 485 g/mol. The summed E-state index contributed by atoms with van der Waals surface area (Å²) in [7, 11) is 1.52. The number of methoxy groups -OCH3 is 1. The predicted molar refractivity (Wildman–Crippen MR) is 120 cm³/mol. The predicted octanol–water partition coefficient (Wildman–Crippen LogP) is 5.57. The first kappa shape index (κ1) is 25.1. The van der Waals surface area contributed by atoms with Gasteiger partial charge in [-0.05, 0) is 55.0 Å². The van der Waals surface area contributed by atoms with Crippen LogP contribution in [0.3, 0.4) is 0 Å². The smallest absolute Gasteiger partial charge is 0.416 e. The molecule has 0 fully saturated rings. The molecule has 0 saturated heterocycles. The number of nitro benzene ring substituents is 1. The summed E-state index contributed by atoms with van der Waals surface area (Å²) in [6, 6.07) is 12.0. The number of hydrazone groups is 1.